The molecule has 0 radical (unpaired) electrons. The van der Waals surface area contributed by atoms with Crippen molar-refractivity contribution in [3.8, 4) is 0 Å². The number of carbonyl (C=O) groups is 2. The Labute approximate surface area is 90.0 Å². The third-order valence-electron chi connectivity index (χ3n) is 2.85. The fraction of sp³-hybridized carbons (Fsp3) is 0.818. The second-order valence-electron chi connectivity index (χ2n) is 4.50. The predicted molar refractivity (Wildman–Crippen MR) is 56.4 cm³/mol. The first kappa shape index (κ1) is 12.0. The number of carboxylic acids is 1. The Morgan fingerprint density at radius 3 is 2.20 bits per heavy atom. The van der Waals surface area contributed by atoms with Gasteiger partial charge in [0.2, 0.25) is 5.91 Å². The van der Waals surface area contributed by atoms with Crippen LogP contribution in [0.1, 0.15) is 39.5 Å². The van der Waals surface area contributed by atoms with Crippen molar-refractivity contribution < 1.29 is 14.7 Å². The summed E-state index contributed by atoms with van der Waals surface area (Å²) in [5, 5.41) is 11.8. The molecule has 15 heavy (non-hydrogen) atoms. The van der Waals surface area contributed by atoms with Crippen LogP contribution >= 0.6 is 0 Å². The largest absolute Gasteiger partial charge is 0.481 e. The molecule has 1 rings (SSSR count). The van der Waals surface area contributed by atoms with E-state index in [9.17, 15) is 9.59 Å². The maximum atomic E-state index is 11.7. The van der Waals surface area contributed by atoms with E-state index in [0.29, 0.717) is 12.8 Å². The van der Waals surface area contributed by atoms with E-state index >= 15 is 0 Å². The lowest BCUT2D eigenvalue weighted by Gasteiger charge is -2.28. The Morgan fingerprint density at radius 2 is 1.73 bits per heavy atom. The molecule has 0 aliphatic heterocycles. The van der Waals surface area contributed by atoms with Crippen molar-refractivity contribution in [1.82, 2.24) is 5.32 Å². The van der Waals surface area contributed by atoms with Gasteiger partial charge in [-0.1, -0.05) is 12.8 Å². The van der Waals surface area contributed by atoms with E-state index in [1.54, 1.807) is 0 Å². The Balaban J connectivity index is 2.63. The van der Waals surface area contributed by atoms with Gasteiger partial charge in [-0.15, -0.1) is 0 Å². The van der Waals surface area contributed by atoms with E-state index in [1.165, 1.54) is 0 Å². The van der Waals surface area contributed by atoms with E-state index in [0.717, 1.165) is 12.8 Å². The van der Waals surface area contributed by atoms with Crippen molar-refractivity contribution in [3.63, 3.8) is 0 Å². The summed E-state index contributed by atoms with van der Waals surface area (Å²) in [4.78, 5) is 22.7. The van der Waals surface area contributed by atoms with Crippen LogP contribution in [0.2, 0.25) is 0 Å². The number of aliphatic carboxylic acids is 1. The van der Waals surface area contributed by atoms with E-state index in [1.807, 2.05) is 13.8 Å². The predicted octanol–water partition coefficient (Wildman–Crippen LogP) is 1.40. The molecule has 0 aromatic rings. The number of hydrogen-bond donors (Lipinski definition) is 2. The third-order valence-corrected chi connectivity index (χ3v) is 2.85. The molecule has 1 fully saturated rings. The molecule has 2 atom stereocenters. The first-order chi connectivity index (χ1) is 7.02. The van der Waals surface area contributed by atoms with Crippen molar-refractivity contribution in [2.45, 2.75) is 45.6 Å². The molecule has 1 aliphatic carbocycles. The molecule has 0 spiro atoms. The lowest BCUT2D eigenvalue weighted by atomic mass is 9.78. The zero-order valence-electron chi connectivity index (χ0n) is 9.32. The fourth-order valence-corrected chi connectivity index (χ4v) is 2.13. The molecule has 86 valence electrons. The summed E-state index contributed by atoms with van der Waals surface area (Å²) >= 11 is 0. The van der Waals surface area contributed by atoms with Gasteiger partial charge in [0, 0.05) is 6.04 Å². The average molecular weight is 213 g/mol. The molecule has 0 saturated heterocycles. The van der Waals surface area contributed by atoms with Gasteiger partial charge >= 0.3 is 5.97 Å². The zero-order valence-corrected chi connectivity index (χ0v) is 9.32. The third kappa shape index (κ3) is 3.22. The molecule has 2 N–H and O–H groups in total. The zero-order chi connectivity index (χ0) is 11.4. The highest BCUT2D eigenvalue weighted by Crippen LogP contribution is 2.30. The van der Waals surface area contributed by atoms with E-state index in [-0.39, 0.29) is 17.9 Å². The van der Waals surface area contributed by atoms with Crippen LogP contribution in [0.5, 0.6) is 0 Å². The molecule has 1 aliphatic rings. The van der Waals surface area contributed by atoms with Gasteiger partial charge < -0.3 is 10.4 Å². The summed E-state index contributed by atoms with van der Waals surface area (Å²) in [7, 11) is 0. The van der Waals surface area contributed by atoms with E-state index in [2.05, 4.69) is 5.32 Å². The van der Waals surface area contributed by atoms with Crippen molar-refractivity contribution in [2.24, 2.45) is 11.8 Å². The fourth-order valence-electron chi connectivity index (χ4n) is 2.13. The van der Waals surface area contributed by atoms with Gasteiger partial charge in [-0.05, 0) is 26.7 Å². The van der Waals surface area contributed by atoms with Crippen LogP contribution in [0.4, 0.5) is 0 Å². The Bertz CT molecular complexity index is 250. The normalized spacial score (nSPS) is 26.3. The van der Waals surface area contributed by atoms with Gasteiger partial charge in [-0.3, -0.25) is 9.59 Å². The van der Waals surface area contributed by atoms with E-state index < -0.39 is 11.9 Å². The summed E-state index contributed by atoms with van der Waals surface area (Å²) in [5.74, 6) is -1.76. The number of rotatable bonds is 3. The lowest BCUT2D eigenvalue weighted by molar-refractivity contribution is -0.149. The summed E-state index contributed by atoms with van der Waals surface area (Å²) in [6.07, 6.45) is 3.21. The maximum Gasteiger partial charge on any atom is 0.307 e. The molecule has 0 bridgehead atoms. The smallest absolute Gasteiger partial charge is 0.307 e. The minimum absolute atomic E-state index is 0.0777. The highest BCUT2D eigenvalue weighted by Gasteiger charge is 2.35. The maximum absolute atomic E-state index is 11.7. The highest BCUT2D eigenvalue weighted by molar-refractivity contribution is 5.85. The van der Waals surface area contributed by atoms with Crippen LogP contribution in [-0.2, 0) is 9.59 Å². The number of carboxylic acid groups (broad SMARTS) is 1. The Kier molecular flexibility index (Phi) is 4.12. The van der Waals surface area contributed by atoms with Crippen LogP contribution in [-0.4, -0.2) is 23.0 Å². The van der Waals surface area contributed by atoms with Crippen LogP contribution in [0, 0.1) is 11.8 Å². The van der Waals surface area contributed by atoms with Gasteiger partial charge in [0.05, 0.1) is 11.8 Å². The molecule has 4 nitrogen and oxygen atoms in total. The standard InChI is InChI=1S/C11H19NO3/c1-7(2)12-10(13)8-5-3-4-6-9(8)11(14)15/h7-9H,3-6H2,1-2H3,(H,12,13)(H,14,15)/t8-,9-/m0/s1. The highest BCUT2D eigenvalue weighted by atomic mass is 16.4. The molecule has 0 aromatic carbocycles. The Hall–Kier alpha value is -1.06. The van der Waals surface area contributed by atoms with Gasteiger partial charge in [0.25, 0.3) is 0 Å². The second-order valence-corrected chi connectivity index (χ2v) is 4.50. The van der Waals surface area contributed by atoms with Gasteiger partial charge in [0.1, 0.15) is 0 Å². The lowest BCUT2D eigenvalue weighted by Crippen LogP contribution is -2.42. The number of amides is 1. The van der Waals surface area contributed by atoms with Crippen molar-refractivity contribution in [2.75, 3.05) is 0 Å². The van der Waals surface area contributed by atoms with Crippen molar-refractivity contribution in [1.29, 1.82) is 0 Å². The van der Waals surface area contributed by atoms with Crippen LogP contribution in [0.15, 0.2) is 0 Å². The minimum Gasteiger partial charge on any atom is -0.481 e. The van der Waals surface area contributed by atoms with Crippen LogP contribution < -0.4 is 5.32 Å². The molecule has 1 saturated carbocycles. The first-order valence-electron chi connectivity index (χ1n) is 5.55. The van der Waals surface area contributed by atoms with E-state index in [4.69, 9.17) is 5.11 Å². The van der Waals surface area contributed by atoms with Crippen molar-refractivity contribution in [3.05, 3.63) is 0 Å². The quantitative estimate of drug-likeness (QED) is 0.744. The van der Waals surface area contributed by atoms with Crippen LogP contribution in [0.3, 0.4) is 0 Å². The monoisotopic (exact) mass is 213 g/mol. The number of carbonyl (C=O) groups excluding carboxylic acids is 1. The van der Waals surface area contributed by atoms with Gasteiger partial charge in [-0.25, -0.2) is 0 Å². The van der Waals surface area contributed by atoms with Gasteiger partial charge in [0.15, 0.2) is 0 Å². The van der Waals surface area contributed by atoms with Crippen LogP contribution in [0.25, 0.3) is 0 Å². The SMILES string of the molecule is CC(C)NC(=O)[C@H]1CCCC[C@@H]1C(=O)O. The summed E-state index contributed by atoms with van der Waals surface area (Å²) in [5.41, 5.74) is 0. The topological polar surface area (TPSA) is 66.4 Å². The molecule has 0 aromatic heterocycles. The molecular weight excluding hydrogens is 194 g/mol. The second kappa shape index (κ2) is 5.14. The van der Waals surface area contributed by atoms with Gasteiger partial charge in [-0.2, -0.15) is 0 Å². The number of hydrogen-bond acceptors (Lipinski definition) is 2. The summed E-state index contributed by atoms with van der Waals surface area (Å²) in [6.45, 7) is 3.77. The molecular formula is C11H19NO3. The Morgan fingerprint density at radius 1 is 1.20 bits per heavy atom. The molecule has 0 unspecified atom stereocenters. The summed E-state index contributed by atoms with van der Waals surface area (Å²) < 4.78 is 0. The first-order valence-corrected chi connectivity index (χ1v) is 5.55. The average Bonchev–Trinajstić information content (AvgIpc) is 2.16. The molecule has 4 heteroatoms. The number of nitrogens with one attached hydrogen (secondary N) is 1. The van der Waals surface area contributed by atoms with Crippen molar-refractivity contribution >= 4 is 11.9 Å². The molecule has 0 heterocycles. The summed E-state index contributed by atoms with van der Waals surface area (Å²) in [6, 6.07) is 0.0777. The molecule has 1 amide bonds. The minimum atomic E-state index is -0.835.